The molecule has 3 aliphatic rings. The summed E-state index contributed by atoms with van der Waals surface area (Å²) in [6, 6.07) is 10.7. The summed E-state index contributed by atoms with van der Waals surface area (Å²) in [5.74, 6) is 2.41. The number of hydrogen-bond acceptors (Lipinski definition) is 3. The zero-order valence-electron chi connectivity index (χ0n) is 18.0. The first-order valence-electron chi connectivity index (χ1n) is 11.0. The number of fused-ring (bicyclic) bond motifs is 5. The molecular formula is C26H31NO2. The van der Waals surface area contributed by atoms with E-state index in [-0.39, 0.29) is 11.6 Å². The molecule has 152 valence electrons. The van der Waals surface area contributed by atoms with Crippen LogP contribution in [0.1, 0.15) is 70.1 Å². The van der Waals surface area contributed by atoms with Crippen molar-refractivity contribution < 1.29 is 9.47 Å². The molecule has 29 heavy (non-hydrogen) atoms. The van der Waals surface area contributed by atoms with Crippen LogP contribution in [0.15, 0.2) is 36.4 Å². The Morgan fingerprint density at radius 2 is 1.83 bits per heavy atom. The maximum atomic E-state index is 6.77. The second-order valence-electron chi connectivity index (χ2n) is 9.39. The molecule has 0 aromatic heterocycles. The normalized spacial score (nSPS) is 22.3. The van der Waals surface area contributed by atoms with Crippen molar-refractivity contribution in [3.63, 3.8) is 0 Å². The fraction of sp³-hybridized carbons (Fsp3) is 0.462. The van der Waals surface area contributed by atoms with E-state index in [1.54, 1.807) is 7.11 Å². The molecule has 0 radical (unpaired) electrons. The minimum Gasteiger partial charge on any atom is -0.496 e. The molecule has 1 aliphatic carbocycles. The zero-order valence-corrected chi connectivity index (χ0v) is 18.0. The molecule has 3 heteroatoms. The van der Waals surface area contributed by atoms with Gasteiger partial charge in [-0.1, -0.05) is 37.5 Å². The van der Waals surface area contributed by atoms with Crippen LogP contribution in [-0.2, 0) is 0 Å². The van der Waals surface area contributed by atoms with E-state index in [4.69, 9.17) is 9.47 Å². The summed E-state index contributed by atoms with van der Waals surface area (Å²) in [5, 5.41) is 3.73. The third kappa shape index (κ3) is 3.02. The van der Waals surface area contributed by atoms with Crippen molar-refractivity contribution in [1.82, 2.24) is 0 Å². The lowest BCUT2D eigenvalue weighted by Crippen LogP contribution is -2.33. The van der Waals surface area contributed by atoms with E-state index in [2.05, 4.69) is 50.4 Å². The molecule has 0 amide bonds. The summed E-state index contributed by atoms with van der Waals surface area (Å²) in [7, 11) is 1.75. The highest BCUT2D eigenvalue weighted by Gasteiger charge is 2.38. The van der Waals surface area contributed by atoms with Gasteiger partial charge in [-0.25, -0.2) is 0 Å². The van der Waals surface area contributed by atoms with E-state index in [9.17, 15) is 0 Å². The van der Waals surface area contributed by atoms with Gasteiger partial charge < -0.3 is 14.8 Å². The third-order valence-electron chi connectivity index (χ3n) is 6.77. The van der Waals surface area contributed by atoms with Crippen molar-refractivity contribution in [2.45, 2.75) is 64.5 Å². The number of allylic oxidation sites excluding steroid dienone is 1. The lowest BCUT2D eigenvalue weighted by Gasteiger charge is -2.40. The molecule has 3 nitrogen and oxygen atoms in total. The van der Waals surface area contributed by atoms with E-state index < -0.39 is 0 Å². The van der Waals surface area contributed by atoms with Crippen molar-refractivity contribution in [3.05, 3.63) is 47.5 Å². The van der Waals surface area contributed by atoms with E-state index in [1.165, 1.54) is 60.1 Å². The summed E-state index contributed by atoms with van der Waals surface area (Å²) >= 11 is 0. The lowest BCUT2D eigenvalue weighted by atomic mass is 9.75. The van der Waals surface area contributed by atoms with Gasteiger partial charge >= 0.3 is 0 Å². The molecule has 1 saturated carbocycles. The number of hydrogen-bond donors (Lipinski definition) is 1. The summed E-state index contributed by atoms with van der Waals surface area (Å²) in [6.07, 6.45) is 8.91. The quantitative estimate of drug-likeness (QED) is 0.601. The lowest BCUT2D eigenvalue weighted by molar-refractivity contribution is 0.105. The van der Waals surface area contributed by atoms with Gasteiger partial charge in [-0.3, -0.25) is 0 Å². The summed E-state index contributed by atoms with van der Waals surface area (Å²) < 4.78 is 12.5. The van der Waals surface area contributed by atoms with E-state index in [1.807, 2.05) is 12.1 Å². The number of methoxy groups -OCH3 is 1. The van der Waals surface area contributed by atoms with Crippen LogP contribution >= 0.6 is 0 Å². The van der Waals surface area contributed by atoms with E-state index >= 15 is 0 Å². The molecule has 1 N–H and O–H groups in total. The highest BCUT2D eigenvalue weighted by molar-refractivity contribution is 5.91. The van der Waals surface area contributed by atoms with Crippen LogP contribution in [-0.4, -0.2) is 12.6 Å². The molecule has 1 unspecified atom stereocenters. The molecule has 0 bridgehead atoms. The van der Waals surface area contributed by atoms with Gasteiger partial charge in [0.25, 0.3) is 0 Å². The van der Waals surface area contributed by atoms with Crippen LogP contribution in [0.5, 0.6) is 11.5 Å². The van der Waals surface area contributed by atoms with Gasteiger partial charge in [0.1, 0.15) is 17.6 Å². The Morgan fingerprint density at radius 1 is 1.03 bits per heavy atom. The first kappa shape index (κ1) is 18.6. The summed E-state index contributed by atoms with van der Waals surface area (Å²) in [4.78, 5) is 0. The first-order valence-corrected chi connectivity index (χ1v) is 11.0. The SMILES string of the molecule is COc1cccc2c1-c1ccc3c(c1C(C1CCCCC1)O2)C(C)=CC(C)(C)N3. The average Bonchev–Trinajstić information content (AvgIpc) is 2.71. The molecule has 2 aromatic carbocycles. The maximum absolute atomic E-state index is 6.77. The number of nitrogens with one attached hydrogen (secondary N) is 1. The molecule has 2 aliphatic heterocycles. The maximum Gasteiger partial charge on any atom is 0.131 e. The zero-order chi connectivity index (χ0) is 20.2. The molecule has 0 saturated heterocycles. The molecule has 2 heterocycles. The van der Waals surface area contributed by atoms with Crippen LogP contribution in [0.2, 0.25) is 0 Å². The Balaban J connectivity index is 1.76. The second kappa shape index (κ2) is 6.83. The van der Waals surface area contributed by atoms with E-state index in [0.29, 0.717) is 5.92 Å². The van der Waals surface area contributed by atoms with Crippen molar-refractivity contribution in [1.29, 1.82) is 0 Å². The van der Waals surface area contributed by atoms with Crippen LogP contribution in [0.4, 0.5) is 5.69 Å². The molecular weight excluding hydrogens is 358 g/mol. The fourth-order valence-corrected chi connectivity index (χ4v) is 5.67. The highest BCUT2D eigenvalue weighted by Crippen LogP contribution is 2.54. The predicted molar refractivity (Wildman–Crippen MR) is 120 cm³/mol. The van der Waals surface area contributed by atoms with Crippen LogP contribution in [0.3, 0.4) is 0 Å². The Kier molecular flexibility index (Phi) is 4.38. The molecule has 0 spiro atoms. The van der Waals surface area contributed by atoms with Gasteiger partial charge in [0.15, 0.2) is 0 Å². The largest absolute Gasteiger partial charge is 0.496 e. The molecule has 5 rings (SSSR count). The van der Waals surface area contributed by atoms with Gasteiger partial charge in [-0.15, -0.1) is 0 Å². The standard InChI is InChI=1S/C26H31NO2/c1-16-15-26(2,3)27-19-14-13-18-23-20(28-4)11-8-12-21(23)29-25(24(18)22(16)19)17-9-6-5-7-10-17/h8,11-15,17,25,27H,5-7,9-10H2,1-4H3. The van der Waals surface area contributed by atoms with Gasteiger partial charge in [0.05, 0.1) is 18.2 Å². The minimum atomic E-state index is -0.0449. The summed E-state index contributed by atoms with van der Waals surface area (Å²) in [6.45, 7) is 6.70. The topological polar surface area (TPSA) is 30.5 Å². The number of ether oxygens (including phenoxy) is 2. The van der Waals surface area contributed by atoms with Crippen LogP contribution in [0.25, 0.3) is 16.7 Å². The fourth-order valence-electron chi connectivity index (χ4n) is 5.67. The van der Waals surface area contributed by atoms with Crippen LogP contribution in [0, 0.1) is 5.92 Å². The van der Waals surface area contributed by atoms with E-state index in [0.717, 1.165) is 17.1 Å². The minimum absolute atomic E-state index is 0.0449. The van der Waals surface area contributed by atoms with Crippen molar-refractivity contribution in [2.75, 3.05) is 12.4 Å². The number of rotatable bonds is 2. The Bertz CT molecular complexity index is 982. The predicted octanol–water partition coefficient (Wildman–Crippen LogP) is 6.98. The second-order valence-corrected chi connectivity index (χ2v) is 9.39. The van der Waals surface area contributed by atoms with Gasteiger partial charge in [0.2, 0.25) is 0 Å². The number of benzene rings is 2. The monoisotopic (exact) mass is 389 g/mol. The van der Waals surface area contributed by atoms with Gasteiger partial charge in [0, 0.05) is 22.7 Å². The Hall–Kier alpha value is -2.42. The smallest absolute Gasteiger partial charge is 0.131 e. The van der Waals surface area contributed by atoms with Gasteiger partial charge in [-0.2, -0.15) is 0 Å². The van der Waals surface area contributed by atoms with Crippen molar-refractivity contribution >= 4 is 11.3 Å². The van der Waals surface area contributed by atoms with Crippen molar-refractivity contribution in [2.24, 2.45) is 5.92 Å². The Labute approximate surface area is 174 Å². The van der Waals surface area contributed by atoms with Crippen molar-refractivity contribution in [3.8, 4) is 22.6 Å². The highest BCUT2D eigenvalue weighted by atomic mass is 16.5. The summed E-state index contributed by atoms with van der Waals surface area (Å²) in [5.41, 5.74) is 7.55. The van der Waals surface area contributed by atoms with Gasteiger partial charge in [-0.05, 0) is 62.9 Å². The molecule has 1 fully saturated rings. The Morgan fingerprint density at radius 3 is 2.59 bits per heavy atom. The van der Waals surface area contributed by atoms with Crippen LogP contribution < -0.4 is 14.8 Å². The first-order chi connectivity index (χ1) is 14.0. The molecule has 1 atom stereocenters. The molecule has 2 aromatic rings. The average molecular weight is 390 g/mol. The third-order valence-corrected chi connectivity index (χ3v) is 6.77. The number of anilines is 1.